The van der Waals surface area contributed by atoms with Crippen LogP contribution in [-0.4, -0.2) is 28.8 Å². The highest BCUT2D eigenvalue weighted by molar-refractivity contribution is 8.05. The van der Waals surface area contributed by atoms with Crippen LogP contribution in [0, 0.1) is 5.82 Å². The number of rotatable bonds is 4. The predicted molar refractivity (Wildman–Crippen MR) is 104 cm³/mol. The van der Waals surface area contributed by atoms with E-state index in [1.807, 2.05) is 24.4 Å². The second-order valence-corrected chi connectivity index (χ2v) is 6.78. The molecule has 3 aromatic rings. The van der Waals surface area contributed by atoms with Crippen molar-refractivity contribution in [2.24, 2.45) is 4.99 Å². The summed E-state index contributed by atoms with van der Waals surface area (Å²) in [7, 11) is 1.51. The van der Waals surface area contributed by atoms with Crippen molar-refractivity contribution in [2.45, 2.75) is 5.50 Å². The molecule has 1 aromatic heterocycles. The quantitative estimate of drug-likeness (QED) is 0.745. The van der Waals surface area contributed by atoms with Gasteiger partial charge in [0.25, 0.3) is 0 Å². The number of halogens is 1. The van der Waals surface area contributed by atoms with Gasteiger partial charge in [0.15, 0.2) is 5.50 Å². The van der Waals surface area contributed by atoms with Crippen LogP contribution >= 0.6 is 11.8 Å². The lowest BCUT2D eigenvalue weighted by Gasteiger charge is -2.14. The number of ether oxygens (including phenoxy) is 1. The summed E-state index contributed by atoms with van der Waals surface area (Å²) >= 11 is 1.58. The van der Waals surface area contributed by atoms with Gasteiger partial charge in [-0.15, -0.1) is 0 Å². The number of hydrogen-bond acceptors (Lipinski definition) is 6. The Balaban J connectivity index is 1.49. The Labute approximate surface area is 154 Å². The van der Waals surface area contributed by atoms with Crippen LogP contribution < -0.4 is 10.1 Å². The molecular formula is C19H15FN4OS. The lowest BCUT2D eigenvalue weighted by molar-refractivity contribution is 0.413. The molecule has 5 nitrogen and oxygen atoms in total. The Kier molecular flexibility index (Phi) is 4.53. The van der Waals surface area contributed by atoms with Crippen molar-refractivity contribution in [1.29, 1.82) is 0 Å². The second-order valence-electron chi connectivity index (χ2n) is 5.63. The second kappa shape index (κ2) is 7.13. The number of hydrogen-bond donors (Lipinski definition) is 1. The summed E-state index contributed by atoms with van der Waals surface area (Å²) in [5.41, 5.74) is 2.48. The van der Waals surface area contributed by atoms with Gasteiger partial charge in [-0.2, -0.15) is 0 Å². The van der Waals surface area contributed by atoms with Gasteiger partial charge in [-0.1, -0.05) is 17.8 Å². The standard InChI is InChI=1S/C19H15FN4OS/c1-25-18-8-14(20)3-5-17(18)24-19-22-10-15(26-19)7-12-2-4-16-13(6-12)9-21-11-23-16/h2-11,19,24H,1H3/b15-7-. The van der Waals surface area contributed by atoms with Crippen LogP contribution in [0.15, 0.2) is 58.8 Å². The van der Waals surface area contributed by atoms with Crippen molar-refractivity contribution in [3.05, 3.63) is 65.2 Å². The van der Waals surface area contributed by atoms with E-state index in [2.05, 4.69) is 26.4 Å². The summed E-state index contributed by atoms with van der Waals surface area (Å²) in [4.78, 5) is 13.8. The van der Waals surface area contributed by atoms with Crippen molar-refractivity contribution in [2.75, 3.05) is 12.4 Å². The Bertz CT molecular complexity index is 1020. The zero-order chi connectivity index (χ0) is 17.9. The molecule has 0 bridgehead atoms. The topological polar surface area (TPSA) is 59.4 Å². The summed E-state index contributed by atoms with van der Waals surface area (Å²) in [6.07, 6.45) is 7.22. The van der Waals surface area contributed by atoms with Crippen molar-refractivity contribution in [3.8, 4) is 5.75 Å². The predicted octanol–water partition coefficient (Wildman–Crippen LogP) is 4.33. The molecular weight excluding hydrogens is 351 g/mol. The summed E-state index contributed by atoms with van der Waals surface area (Å²) in [5.74, 6) is 0.114. The van der Waals surface area contributed by atoms with Crippen molar-refractivity contribution in [1.82, 2.24) is 9.97 Å². The highest BCUT2D eigenvalue weighted by Gasteiger charge is 2.17. The number of methoxy groups -OCH3 is 1. The minimum atomic E-state index is -0.337. The zero-order valence-corrected chi connectivity index (χ0v) is 14.7. The molecule has 7 heteroatoms. The van der Waals surface area contributed by atoms with Crippen LogP contribution in [0.4, 0.5) is 10.1 Å². The molecule has 0 aliphatic carbocycles. The zero-order valence-electron chi connectivity index (χ0n) is 13.9. The number of allylic oxidation sites excluding steroid dienone is 1. The molecule has 0 saturated heterocycles. The molecule has 26 heavy (non-hydrogen) atoms. The van der Waals surface area contributed by atoms with E-state index in [1.165, 1.54) is 19.2 Å². The maximum Gasteiger partial charge on any atom is 0.171 e. The van der Waals surface area contributed by atoms with Gasteiger partial charge in [0, 0.05) is 28.8 Å². The van der Waals surface area contributed by atoms with Crippen molar-refractivity contribution >= 4 is 40.6 Å². The Hall–Kier alpha value is -2.93. The fourth-order valence-corrected chi connectivity index (χ4v) is 3.53. The van der Waals surface area contributed by atoms with E-state index in [4.69, 9.17) is 4.74 Å². The van der Waals surface area contributed by atoms with Gasteiger partial charge < -0.3 is 10.1 Å². The van der Waals surface area contributed by atoms with Gasteiger partial charge in [0.2, 0.25) is 0 Å². The maximum absolute atomic E-state index is 13.3. The van der Waals surface area contributed by atoms with E-state index in [0.29, 0.717) is 11.4 Å². The van der Waals surface area contributed by atoms with E-state index >= 15 is 0 Å². The van der Waals surface area contributed by atoms with Crippen LogP contribution in [0.5, 0.6) is 5.75 Å². The molecule has 4 rings (SSSR count). The smallest absolute Gasteiger partial charge is 0.171 e. The first-order valence-electron chi connectivity index (χ1n) is 7.93. The average molecular weight is 366 g/mol. The SMILES string of the molecule is COc1cc(F)ccc1NC1N=C/C(=C/c2ccc3ncncc3c2)S1. The third kappa shape index (κ3) is 3.52. The summed E-state index contributed by atoms with van der Waals surface area (Å²) < 4.78 is 18.5. The molecule has 1 aliphatic rings. The van der Waals surface area contributed by atoms with Crippen LogP contribution in [-0.2, 0) is 0 Å². The van der Waals surface area contributed by atoms with E-state index in [0.717, 1.165) is 21.4 Å². The maximum atomic E-state index is 13.3. The Morgan fingerprint density at radius 1 is 1.23 bits per heavy atom. The minimum Gasteiger partial charge on any atom is -0.494 e. The highest BCUT2D eigenvalue weighted by Crippen LogP contribution is 2.33. The molecule has 0 radical (unpaired) electrons. The third-order valence-electron chi connectivity index (χ3n) is 3.87. The molecule has 1 atom stereocenters. The number of thioether (sulfide) groups is 1. The third-order valence-corrected chi connectivity index (χ3v) is 4.82. The number of fused-ring (bicyclic) bond motifs is 1. The molecule has 0 spiro atoms. The fraction of sp³-hybridized carbons (Fsp3) is 0.105. The monoisotopic (exact) mass is 366 g/mol. The molecule has 1 N–H and O–H groups in total. The van der Waals surface area contributed by atoms with Gasteiger partial charge in [-0.25, -0.2) is 14.4 Å². The molecule has 130 valence electrons. The van der Waals surface area contributed by atoms with Gasteiger partial charge in [0.1, 0.15) is 17.9 Å². The Morgan fingerprint density at radius 2 is 2.15 bits per heavy atom. The average Bonchev–Trinajstić information content (AvgIpc) is 3.10. The minimum absolute atomic E-state index is 0.190. The molecule has 1 aliphatic heterocycles. The number of nitrogens with one attached hydrogen (secondary N) is 1. The lowest BCUT2D eigenvalue weighted by Crippen LogP contribution is -2.10. The van der Waals surface area contributed by atoms with E-state index in [9.17, 15) is 4.39 Å². The highest BCUT2D eigenvalue weighted by atomic mass is 32.2. The number of aromatic nitrogens is 2. The summed E-state index contributed by atoms with van der Waals surface area (Å²) in [6.45, 7) is 0. The molecule has 0 saturated carbocycles. The van der Waals surface area contributed by atoms with Crippen molar-refractivity contribution < 1.29 is 9.13 Å². The van der Waals surface area contributed by atoms with Gasteiger partial charge >= 0.3 is 0 Å². The van der Waals surface area contributed by atoms with Crippen LogP contribution in [0.3, 0.4) is 0 Å². The molecule has 0 fully saturated rings. The normalized spacial score (nSPS) is 17.8. The van der Waals surface area contributed by atoms with E-state index in [-0.39, 0.29) is 11.3 Å². The van der Waals surface area contributed by atoms with Gasteiger partial charge in [-0.05, 0) is 35.9 Å². The van der Waals surface area contributed by atoms with Crippen LogP contribution in [0.2, 0.25) is 0 Å². The van der Waals surface area contributed by atoms with Crippen LogP contribution in [0.1, 0.15) is 5.56 Å². The first-order chi connectivity index (χ1) is 12.7. The summed E-state index contributed by atoms with van der Waals surface area (Å²) in [6, 6.07) is 10.4. The largest absolute Gasteiger partial charge is 0.494 e. The van der Waals surface area contributed by atoms with Gasteiger partial charge in [-0.3, -0.25) is 4.99 Å². The molecule has 2 aromatic carbocycles. The fourth-order valence-electron chi connectivity index (χ4n) is 2.64. The first-order valence-corrected chi connectivity index (χ1v) is 8.80. The molecule has 0 amide bonds. The lowest BCUT2D eigenvalue weighted by atomic mass is 10.1. The van der Waals surface area contributed by atoms with E-state index in [1.54, 1.807) is 30.4 Å². The number of anilines is 1. The molecule has 1 unspecified atom stereocenters. The van der Waals surface area contributed by atoms with E-state index < -0.39 is 0 Å². The number of benzene rings is 2. The number of nitrogens with zero attached hydrogens (tertiary/aromatic N) is 3. The first kappa shape index (κ1) is 16.5. The Morgan fingerprint density at radius 3 is 3.04 bits per heavy atom. The summed E-state index contributed by atoms with van der Waals surface area (Å²) in [5, 5.41) is 4.24. The van der Waals surface area contributed by atoms with Gasteiger partial charge in [0.05, 0.1) is 18.3 Å². The van der Waals surface area contributed by atoms with Crippen LogP contribution in [0.25, 0.3) is 17.0 Å². The molecule has 2 heterocycles. The van der Waals surface area contributed by atoms with Crippen molar-refractivity contribution in [3.63, 3.8) is 0 Å². The number of aliphatic imine (C=N–C) groups is 1.